The first-order valence-electron chi connectivity index (χ1n) is 8.26. The molecule has 2 atom stereocenters. The van der Waals surface area contributed by atoms with Crippen LogP contribution in [0.5, 0.6) is 0 Å². The topological polar surface area (TPSA) is 37.4 Å². The van der Waals surface area contributed by atoms with Gasteiger partial charge in [-0.05, 0) is 19.4 Å². The van der Waals surface area contributed by atoms with Gasteiger partial charge >= 0.3 is 0 Å². The highest BCUT2D eigenvalue weighted by Crippen LogP contribution is 2.24. The third kappa shape index (κ3) is 4.38. The van der Waals surface area contributed by atoms with Gasteiger partial charge in [-0.25, -0.2) is 4.98 Å². The molecule has 0 saturated carbocycles. The molecule has 23 heavy (non-hydrogen) atoms. The zero-order valence-corrected chi connectivity index (χ0v) is 14.7. The van der Waals surface area contributed by atoms with E-state index in [9.17, 15) is 0 Å². The highest BCUT2D eigenvalue weighted by Gasteiger charge is 2.23. The van der Waals surface area contributed by atoms with E-state index in [-0.39, 0.29) is 0 Å². The lowest BCUT2D eigenvalue weighted by molar-refractivity contribution is 0.0157. The molecule has 1 aromatic carbocycles. The minimum Gasteiger partial charge on any atom is -0.379 e. The molecule has 0 amide bonds. The minimum atomic E-state index is 0.327. The van der Waals surface area contributed by atoms with Crippen LogP contribution in [0.4, 0.5) is 0 Å². The molecule has 1 aromatic heterocycles. The average molecular weight is 331 g/mol. The zero-order valence-electron chi connectivity index (χ0n) is 13.9. The van der Waals surface area contributed by atoms with E-state index >= 15 is 0 Å². The van der Waals surface area contributed by atoms with Gasteiger partial charge < -0.3 is 10.1 Å². The van der Waals surface area contributed by atoms with Crippen molar-refractivity contribution in [2.24, 2.45) is 0 Å². The Morgan fingerprint density at radius 2 is 2.00 bits per heavy atom. The van der Waals surface area contributed by atoms with Crippen molar-refractivity contribution < 1.29 is 4.74 Å². The number of ether oxygens (including phenoxy) is 1. The predicted molar refractivity (Wildman–Crippen MR) is 94.8 cm³/mol. The number of morpholine rings is 1. The van der Waals surface area contributed by atoms with Gasteiger partial charge in [0.2, 0.25) is 0 Å². The lowest BCUT2D eigenvalue weighted by Crippen LogP contribution is -2.43. The van der Waals surface area contributed by atoms with Crippen molar-refractivity contribution in [1.82, 2.24) is 15.2 Å². The van der Waals surface area contributed by atoms with E-state index in [4.69, 9.17) is 4.74 Å². The van der Waals surface area contributed by atoms with Crippen molar-refractivity contribution in [2.45, 2.75) is 25.9 Å². The molecule has 0 spiro atoms. The number of rotatable bonds is 6. The van der Waals surface area contributed by atoms with Crippen LogP contribution in [-0.2, 0) is 4.74 Å². The quantitative estimate of drug-likeness (QED) is 0.882. The zero-order chi connectivity index (χ0) is 16.1. The molecule has 2 aromatic rings. The molecule has 1 N–H and O–H groups in total. The fraction of sp³-hybridized carbons (Fsp3) is 0.500. The number of aryl methyl sites for hydroxylation is 1. The maximum absolute atomic E-state index is 5.51. The van der Waals surface area contributed by atoms with Crippen LogP contribution < -0.4 is 5.32 Å². The van der Waals surface area contributed by atoms with Crippen LogP contribution in [-0.4, -0.2) is 42.7 Å². The molecule has 3 rings (SSSR count). The van der Waals surface area contributed by atoms with Crippen LogP contribution in [0.1, 0.15) is 34.5 Å². The Labute approximate surface area is 142 Å². The first-order valence-corrected chi connectivity index (χ1v) is 9.08. The van der Waals surface area contributed by atoms with Gasteiger partial charge in [-0.2, -0.15) is 0 Å². The van der Waals surface area contributed by atoms with Crippen molar-refractivity contribution in [3.8, 4) is 0 Å². The molecule has 0 unspecified atom stereocenters. The van der Waals surface area contributed by atoms with E-state index in [0.717, 1.165) is 37.9 Å². The third-order valence-electron chi connectivity index (χ3n) is 4.35. The van der Waals surface area contributed by atoms with Crippen LogP contribution >= 0.6 is 11.3 Å². The standard InChI is InChI=1S/C18H25N3OS/c1-14(18-13-20-15(2)23-18)19-12-17(16-6-4-3-5-7-16)21-8-10-22-11-9-21/h3-7,13-14,17,19H,8-12H2,1-2H3/t14-,17-/m0/s1. The minimum absolute atomic E-state index is 0.327. The summed E-state index contributed by atoms with van der Waals surface area (Å²) in [5.74, 6) is 0. The molecule has 0 aliphatic carbocycles. The third-order valence-corrected chi connectivity index (χ3v) is 5.45. The monoisotopic (exact) mass is 331 g/mol. The molecule has 0 bridgehead atoms. The van der Waals surface area contributed by atoms with Crippen molar-refractivity contribution >= 4 is 11.3 Å². The summed E-state index contributed by atoms with van der Waals surface area (Å²) in [6.45, 7) is 8.85. The highest BCUT2D eigenvalue weighted by molar-refractivity contribution is 7.11. The Morgan fingerprint density at radius 3 is 2.65 bits per heavy atom. The predicted octanol–water partition coefficient (Wildman–Crippen LogP) is 3.18. The molecule has 124 valence electrons. The average Bonchev–Trinajstić information content (AvgIpc) is 3.03. The number of nitrogens with one attached hydrogen (secondary N) is 1. The molecule has 1 saturated heterocycles. The Bertz CT molecular complexity index is 595. The summed E-state index contributed by atoms with van der Waals surface area (Å²) in [4.78, 5) is 8.19. The Morgan fingerprint density at radius 1 is 1.26 bits per heavy atom. The van der Waals surface area contributed by atoms with Crippen molar-refractivity contribution in [3.63, 3.8) is 0 Å². The molecule has 1 aliphatic rings. The first-order chi connectivity index (χ1) is 11.2. The van der Waals surface area contributed by atoms with Gasteiger partial charge in [0.15, 0.2) is 0 Å². The number of aromatic nitrogens is 1. The fourth-order valence-electron chi connectivity index (χ4n) is 2.99. The number of nitrogens with zero attached hydrogens (tertiary/aromatic N) is 2. The number of thiazole rings is 1. The molecule has 5 heteroatoms. The van der Waals surface area contributed by atoms with Crippen LogP contribution in [0.25, 0.3) is 0 Å². The lowest BCUT2D eigenvalue weighted by Gasteiger charge is -2.35. The van der Waals surface area contributed by atoms with Crippen LogP contribution in [0.3, 0.4) is 0 Å². The largest absolute Gasteiger partial charge is 0.379 e. The highest BCUT2D eigenvalue weighted by atomic mass is 32.1. The van der Waals surface area contributed by atoms with Gasteiger partial charge in [-0.1, -0.05) is 30.3 Å². The summed E-state index contributed by atoms with van der Waals surface area (Å²) in [5, 5.41) is 4.82. The van der Waals surface area contributed by atoms with E-state index in [0.29, 0.717) is 12.1 Å². The Hall–Kier alpha value is -1.27. The molecule has 1 fully saturated rings. The van der Waals surface area contributed by atoms with Gasteiger partial charge in [0.25, 0.3) is 0 Å². The van der Waals surface area contributed by atoms with E-state index in [1.54, 1.807) is 11.3 Å². The lowest BCUT2D eigenvalue weighted by atomic mass is 10.0. The maximum Gasteiger partial charge on any atom is 0.0897 e. The SMILES string of the molecule is Cc1ncc([C@H](C)NC[C@@H](c2ccccc2)N2CCOCC2)s1. The smallest absolute Gasteiger partial charge is 0.0897 e. The van der Waals surface area contributed by atoms with E-state index in [1.807, 2.05) is 6.20 Å². The molecule has 0 radical (unpaired) electrons. The van der Waals surface area contributed by atoms with Crippen molar-refractivity contribution in [2.75, 3.05) is 32.8 Å². The summed E-state index contributed by atoms with van der Waals surface area (Å²) in [5.41, 5.74) is 1.37. The van der Waals surface area contributed by atoms with E-state index < -0.39 is 0 Å². The fourth-order valence-corrected chi connectivity index (χ4v) is 3.80. The van der Waals surface area contributed by atoms with Crippen molar-refractivity contribution in [1.29, 1.82) is 0 Å². The molecule has 2 heterocycles. The first kappa shape index (κ1) is 16.6. The number of hydrogen-bond acceptors (Lipinski definition) is 5. The van der Waals surface area contributed by atoms with Gasteiger partial charge in [0.1, 0.15) is 0 Å². The van der Waals surface area contributed by atoms with Gasteiger partial charge in [-0.15, -0.1) is 11.3 Å². The number of hydrogen-bond donors (Lipinski definition) is 1. The molecule has 4 nitrogen and oxygen atoms in total. The maximum atomic E-state index is 5.51. The summed E-state index contributed by atoms with van der Waals surface area (Å²) >= 11 is 1.77. The number of benzene rings is 1. The second-order valence-electron chi connectivity index (χ2n) is 5.99. The van der Waals surface area contributed by atoms with Crippen LogP contribution in [0.15, 0.2) is 36.5 Å². The van der Waals surface area contributed by atoms with Crippen LogP contribution in [0.2, 0.25) is 0 Å². The summed E-state index contributed by atoms with van der Waals surface area (Å²) in [6, 6.07) is 11.5. The van der Waals surface area contributed by atoms with Crippen molar-refractivity contribution in [3.05, 3.63) is 52.0 Å². The molecule has 1 aliphatic heterocycles. The van der Waals surface area contributed by atoms with Gasteiger partial charge in [0, 0.05) is 42.8 Å². The second-order valence-corrected chi connectivity index (χ2v) is 7.25. The summed E-state index contributed by atoms with van der Waals surface area (Å²) in [6.07, 6.45) is 1.99. The normalized spacial score (nSPS) is 18.7. The van der Waals surface area contributed by atoms with E-state index in [2.05, 4.69) is 59.4 Å². The summed E-state index contributed by atoms with van der Waals surface area (Å²) < 4.78 is 5.51. The second kappa shape index (κ2) is 8.02. The van der Waals surface area contributed by atoms with Gasteiger partial charge in [0.05, 0.1) is 18.2 Å². The Kier molecular flexibility index (Phi) is 5.78. The molecular weight excluding hydrogens is 306 g/mol. The van der Waals surface area contributed by atoms with Gasteiger partial charge in [-0.3, -0.25) is 4.90 Å². The van der Waals surface area contributed by atoms with Crippen LogP contribution in [0, 0.1) is 6.92 Å². The molecular formula is C18H25N3OS. The Balaban J connectivity index is 1.68. The summed E-state index contributed by atoms with van der Waals surface area (Å²) in [7, 11) is 0. The van der Waals surface area contributed by atoms with E-state index in [1.165, 1.54) is 10.4 Å².